The summed E-state index contributed by atoms with van der Waals surface area (Å²) in [5.74, 6) is 0. The average molecular weight is 268 g/mol. The van der Waals surface area contributed by atoms with Gasteiger partial charge in [0.25, 0.3) is 0 Å². The molecule has 1 N–H and O–H groups in total. The predicted octanol–water partition coefficient (Wildman–Crippen LogP) is 3.43. The summed E-state index contributed by atoms with van der Waals surface area (Å²) in [4.78, 5) is 0. The molecule has 1 saturated heterocycles. The molecule has 1 aliphatic heterocycles. The maximum absolute atomic E-state index is 6.25. The molecule has 2 nitrogen and oxygen atoms in total. The van der Waals surface area contributed by atoms with Gasteiger partial charge in [0, 0.05) is 17.7 Å². The van der Waals surface area contributed by atoms with E-state index >= 15 is 0 Å². The SMILES string of the molecule is CCNC(Cc1ccccc1Cl)C1(C)CCCO1. The molecule has 18 heavy (non-hydrogen) atoms. The van der Waals surface area contributed by atoms with E-state index in [1.54, 1.807) is 0 Å². The number of hydrogen-bond acceptors (Lipinski definition) is 2. The van der Waals surface area contributed by atoms with Gasteiger partial charge in [0.05, 0.1) is 5.60 Å². The third kappa shape index (κ3) is 3.05. The van der Waals surface area contributed by atoms with Crippen molar-refractivity contribution in [2.75, 3.05) is 13.2 Å². The highest BCUT2D eigenvalue weighted by molar-refractivity contribution is 6.31. The van der Waals surface area contributed by atoms with Crippen molar-refractivity contribution in [1.29, 1.82) is 0 Å². The summed E-state index contributed by atoms with van der Waals surface area (Å²) in [6.45, 7) is 6.18. The molecule has 0 aliphatic carbocycles. The zero-order valence-electron chi connectivity index (χ0n) is 11.2. The summed E-state index contributed by atoms with van der Waals surface area (Å²) < 4.78 is 5.96. The fourth-order valence-corrected chi connectivity index (χ4v) is 2.92. The summed E-state index contributed by atoms with van der Waals surface area (Å²) in [5, 5.41) is 4.41. The molecule has 1 fully saturated rings. The summed E-state index contributed by atoms with van der Waals surface area (Å²) >= 11 is 6.25. The summed E-state index contributed by atoms with van der Waals surface area (Å²) in [7, 11) is 0. The molecular weight excluding hydrogens is 246 g/mol. The van der Waals surface area contributed by atoms with E-state index in [4.69, 9.17) is 16.3 Å². The van der Waals surface area contributed by atoms with Gasteiger partial charge in [-0.1, -0.05) is 36.7 Å². The van der Waals surface area contributed by atoms with Crippen molar-refractivity contribution >= 4 is 11.6 Å². The second kappa shape index (κ2) is 6.05. The smallest absolute Gasteiger partial charge is 0.0810 e. The molecule has 0 radical (unpaired) electrons. The summed E-state index contributed by atoms with van der Waals surface area (Å²) in [6, 6.07) is 8.40. The van der Waals surface area contributed by atoms with Crippen LogP contribution < -0.4 is 5.32 Å². The molecule has 2 rings (SSSR count). The number of benzene rings is 1. The van der Waals surface area contributed by atoms with Crippen LogP contribution in [0.5, 0.6) is 0 Å². The molecular formula is C15H22ClNO. The van der Waals surface area contributed by atoms with Gasteiger partial charge < -0.3 is 10.1 Å². The van der Waals surface area contributed by atoms with Crippen molar-refractivity contribution in [1.82, 2.24) is 5.32 Å². The second-order valence-corrected chi connectivity index (χ2v) is 5.58. The molecule has 1 aromatic rings. The van der Waals surface area contributed by atoms with Crippen molar-refractivity contribution in [3.63, 3.8) is 0 Å². The first-order valence-corrected chi connectivity index (χ1v) is 7.14. The number of ether oxygens (including phenoxy) is 1. The topological polar surface area (TPSA) is 21.3 Å². The lowest BCUT2D eigenvalue weighted by atomic mass is 9.88. The summed E-state index contributed by atoms with van der Waals surface area (Å²) in [6.07, 6.45) is 3.19. The van der Waals surface area contributed by atoms with E-state index in [-0.39, 0.29) is 5.60 Å². The maximum atomic E-state index is 6.25. The lowest BCUT2D eigenvalue weighted by molar-refractivity contribution is -0.0110. The van der Waals surface area contributed by atoms with Gasteiger partial charge in [-0.3, -0.25) is 0 Å². The molecule has 3 heteroatoms. The monoisotopic (exact) mass is 267 g/mol. The van der Waals surface area contributed by atoms with Gasteiger partial charge in [0.15, 0.2) is 0 Å². The Morgan fingerprint density at radius 3 is 2.83 bits per heavy atom. The highest BCUT2D eigenvalue weighted by Crippen LogP contribution is 2.31. The molecule has 0 aromatic heterocycles. The first-order chi connectivity index (χ1) is 8.65. The minimum absolute atomic E-state index is 0.0603. The Morgan fingerprint density at radius 2 is 2.22 bits per heavy atom. The minimum atomic E-state index is -0.0603. The normalized spacial score (nSPS) is 25.3. The molecule has 2 unspecified atom stereocenters. The van der Waals surface area contributed by atoms with Crippen molar-refractivity contribution in [2.45, 2.75) is 44.8 Å². The van der Waals surface area contributed by atoms with Gasteiger partial charge in [-0.15, -0.1) is 0 Å². The van der Waals surface area contributed by atoms with Crippen molar-refractivity contribution in [3.8, 4) is 0 Å². The van der Waals surface area contributed by atoms with Crippen LogP contribution in [-0.2, 0) is 11.2 Å². The quantitative estimate of drug-likeness (QED) is 0.883. The number of nitrogens with one attached hydrogen (secondary N) is 1. The third-order valence-corrected chi connectivity index (χ3v) is 4.19. The molecule has 1 aromatic carbocycles. The molecule has 2 atom stereocenters. The Bertz CT molecular complexity index is 388. The first kappa shape index (κ1) is 13.9. The number of halogens is 1. The van der Waals surface area contributed by atoms with Crippen molar-refractivity contribution in [3.05, 3.63) is 34.9 Å². The zero-order valence-corrected chi connectivity index (χ0v) is 12.0. The average Bonchev–Trinajstić information content (AvgIpc) is 2.79. The zero-order chi connectivity index (χ0) is 13.0. The lowest BCUT2D eigenvalue weighted by Crippen LogP contribution is -2.49. The number of likely N-dealkylation sites (N-methyl/N-ethyl adjacent to an activating group) is 1. The fraction of sp³-hybridized carbons (Fsp3) is 0.600. The molecule has 0 saturated carbocycles. The van der Waals surface area contributed by atoms with Crippen LogP contribution in [0.25, 0.3) is 0 Å². The van der Waals surface area contributed by atoms with E-state index in [1.807, 2.05) is 18.2 Å². The van der Waals surface area contributed by atoms with E-state index in [0.29, 0.717) is 6.04 Å². The van der Waals surface area contributed by atoms with Gasteiger partial charge in [-0.2, -0.15) is 0 Å². The molecule has 1 heterocycles. The van der Waals surface area contributed by atoms with Crippen molar-refractivity contribution in [2.24, 2.45) is 0 Å². The highest BCUT2D eigenvalue weighted by Gasteiger charge is 2.38. The van der Waals surface area contributed by atoms with E-state index in [0.717, 1.165) is 37.4 Å². The van der Waals surface area contributed by atoms with Gasteiger partial charge in [0.1, 0.15) is 0 Å². The van der Waals surface area contributed by atoms with E-state index in [1.165, 1.54) is 5.56 Å². The lowest BCUT2D eigenvalue weighted by Gasteiger charge is -2.34. The molecule has 100 valence electrons. The standard InChI is InChI=1S/C15H22ClNO/c1-3-17-14(15(2)9-6-10-18-15)11-12-7-4-5-8-13(12)16/h4-5,7-8,14,17H,3,6,9-11H2,1-2H3. The van der Waals surface area contributed by atoms with Crippen LogP contribution in [0.2, 0.25) is 5.02 Å². The Hall–Kier alpha value is -0.570. The van der Waals surface area contributed by atoms with Gasteiger partial charge in [0.2, 0.25) is 0 Å². The fourth-order valence-electron chi connectivity index (χ4n) is 2.71. The largest absolute Gasteiger partial charge is 0.374 e. The molecule has 0 amide bonds. The summed E-state index contributed by atoms with van der Waals surface area (Å²) in [5.41, 5.74) is 1.14. The number of rotatable bonds is 5. The Morgan fingerprint density at radius 1 is 1.44 bits per heavy atom. The minimum Gasteiger partial charge on any atom is -0.374 e. The third-order valence-electron chi connectivity index (χ3n) is 3.82. The van der Waals surface area contributed by atoms with Gasteiger partial charge in [-0.05, 0) is 44.4 Å². The van der Waals surface area contributed by atoms with Crippen LogP contribution in [0, 0.1) is 0 Å². The van der Waals surface area contributed by atoms with Crippen LogP contribution in [0.15, 0.2) is 24.3 Å². The Balaban J connectivity index is 2.13. The Kier molecular flexibility index (Phi) is 4.66. The Labute approximate surface area is 115 Å². The highest BCUT2D eigenvalue weighted by atomic mass is 35.5. The predicted molar refractivity (Wildman–Crippen MR) is 76.2 cm³/mol. The van der Waals surface area contributed by atoms with Gasteiger partial charge >= 0.3 is 0 Å². The van der Waals surface area contributed by atoms with Crippen LogP contribution in [0.3, 0.4) is 0 Å². The van der Waals surface area contributed by atoms with Crippen LogP contribution in [0.1, 0.15) is 32.3 Å². The van der Waals surface area contributed by atoms with Crippen LogP contribution >= 0.6 is 11.6 Å². The first-order valence-electron chi connectivity index (χ1n) is 6.76. The molecule has 0 bridgehead atoms. The number of hydrogen-bond donors (Lipinski definition) is 1. The second-order valence-electron chi connectivity index (χ2n) is 5.17. The van der Waals surface area contributed by atoms with E-state index in [2.05, 4.69) is 25.2 Å². The van der Waals surface area contributed by atoms with E-state index in [9.17, 15) is 0 Å². The van der Waals surface area contributed by atoms with E-state index < -0.39 is 0 Å². The van der Waals surface area contributed by atoms with Crippen LogP contribution in [0.4, 0.5) is 0 Å². The van der Waals surface area contributed by atoms with Gasteiger partial charge in [-0.25, -0.2) is 0 Å². The van der Waals surface area contributed by atoms with Crippen molar-refractivity contribution < 1.29 is 4.74 Å². The molecule has 1 aliphatic rings. The van der Waals surface area contributed by atoms with Crippen LogP contribution in [-0.4, -0.2) is 24.8 Å². The maximum Gasteiger partial charge on any atom is 0.0810 e. The molecule has 0 spiro atoms.